The second-order valence-electron chi connectivity index (χ2n) is 6.49. The summed E-state index contributed by atoms with van der Waals surface area (Å²) < 4.78 is 5.11. The predicted molar refractivity (Wildman–Crippen MR) is 94.2 cm³/mol. The Morgan fingerprint density at radius 2 is 1.96 bits per heavy atom. The summed E-state index contributed by atoms with van der Waals surface area (Å²) in [5, 5.41) is 2.88. The van der Waals surface area contributed by atoms with Crippen molar-refractivity contribution in [1.29, 1.82) is 0 Å². The first-order valence-electron chi connectivity index (χ1n) is 8.39. The molecule has 1 fully saturated rings. The summed E-state index contributed by atoms with van der Waals surface area (Å²) in [7, 11) is 3.43. The lowest BCUT2D eigenvalue weighted by Crippen LogP contribution is -2.48. The van der Waals surface area contributed by atoms with Crippen molar-refractivity contribution in [2.75, 3.05) is 32.6 Å². The Kier molecular flexibility index (Phi) is 6.06. The van der Waals surface area contributed by atoms with E-state index in [1.54, 1.807) is 41.2 Å². The van der Waals surface area contributed by atoms with Crippen LogP contribution >= 0.6 is 0 Å². The molecule has 1 N–H and O–H groups in total. The van der Waals surface area contributed by atoms with Gasteiger partial charge in [-0.15, -0.1) is 0 Å². The Hall–Kier alpha value is -2.24. The molecule has 24 heavy (non-hydrogen) atoms. The Morgan fingerprint density at radius 1 is 1.29 bits per heavy atom. The van der Waals surface area contributed by atoms with Crippen molar-refractivity contribution < 1.29 is 14.3 Å². The standard InChI is InChI=1S/C18H27N3O3/c1-13(2)20(3)17(22)14-6-5-11-21(12-14)18(23)19-15-7-9-16(24-4)10-8-15/h7-10,13-14H,5-6,11-12H2,1-4H3,(H,19,23)/t14-/m0/s1. The molecule has 2 rings (SSSR count). The van der Waals surface area contributed by atoms with Crippen LogP contribution in [0, 0.1) is 5.92 Å². The van der Waals surface area contributed by atoms with Gasteiger partial charge in [-0.3, -0.25) is 4.79 Å². The van der Waals surface area contributed by atoms with Crippen molar-refractivity contribution in [2.24, 2.45) is 5.92 Å². The zero-order valence-corrected chi connectivity index (χ0v) is 14.9. The number of benzene rings is 1. The van der Waals surface area contributed by atoms with Gasteiger partial charge < -0.3 is 19.9 Å². The smallest absolute Gasteiger partial charge is 0.321 e. The number of likely N-dealkylation sites (tertiary alicyclic amines) is 1. The lowest BCUT2D eigenvalue weighted by atomic mass is 9.96. The van der Waals surface area contributed by atoms with Crippen molar-refractivity contribution >= 4 is 17.6 Å². The number of carbonyl (C=O) groups excluding carboxylic acids is 2. The number of anilines is 1. The van der Waals surface area contributed by atoms with Gasteiger partial charge in [-0.2, -0.15) is 0 Å². The first-order chi connectivity index (χ1) is 11.4. The van der Waals surface area contributed by atoms with E-state index in [4.69, 9.17) is 4.74 Å². The van der Waals surface area contributed by atoms with Gasteiger partial charge in [0.2, 0.25) is 5.91 Å². The SMILES string of the molecule is COc1ccc(NC(=O)N2CCC[C@H](C(=O)N(C)C(C)C)C2)cc1. The summed E-state index contributed by atoms with van der Waals surface area (Å²) in [6.07, 6.45) is 1.68. The van der Waals surface area contributed by atoms with Gasteiger partial charge in [-0.25, -0.2) is 4.79 Å². The summed E-state index contributed by atoms with van der Waals surface area (Å²) in [5.74, 6) is 0.744. The lowest BCUT2D eigenvalue weighted by Gasteiger charge is -2.35. The second-order valence-corrected chi connectivity index (χ2v) is 6.49. The van der Waals surface area contributed by atoms with E-state index in [0.29, 0.717) is 18.8 Å². The van der Waals surface area contributed by atoms with Gasteiger partial charge in [0, 0.05) is 31.9 Å². The molecule has 1 aliphatic rings. The van der Waals surface area contributed by atoms with Crippen molar-refractivity contribution in [1.82, 2.24) is 9.80 Å². The van der Waals surface area contributed by atoms with Crippen LogP contribution in [0.1, 0.15) is 26.7 Å². The summed E-state index contributed by atoms with van der Waals surface area (Å²) >= 11 is 0. The van der Waals surface area contributed by atoms with Crippen LogP contribution in [-0.4, -0.2) is 55.0 Å². The highest BCUT2D eigenvalue weighted by molar-refractivity contribution is 5.90. The molecule has 132 valence electrons. The highest BCUT2D eigenvalue weighted by Gasteiger charge is 2.30. The Labute approximate surface area is 143 Å². The second kappa shape index (κ2) is 8.04. The predicted octanol–water partition coefficient (Wildman–Crippen LogP) is 2.81. The van der Waals surface area contributed by atoms with E-state index in [2.05, 4.69) is 5.32 Å². The first kappa shape index (κ1) is 18.1. The molecule has 0 spiro atoms. The number of rotatable bonds is 4. The maximum Gasteiger partial charge on any atom is 0.321 e. The van der Waals surface area contributed by atoms with Crippen molar-refractivity contribution in [2.45, 2.75) is 32.7 Å². The zero-order valence-electron chi connectivity index (χ0n) is 14.9. The summed E-state index contributed by atoms with van der Waals surface area (Å²) in [6, 6.07) is 7.21. The van der Waals surface area contributed by atoms with Gasteiger partial charge in [0.1, 0.15) is 5.75 Å². The molecule has 0 unspecified atom stereocenters. The molecule has 6 heteroatoms. The summed E-state index contributed by atoms with van der Waals surface area (Å²) in [4.78, 5) is 28.4. The minimum absolute atomic E-state index is 0.118. The van der Waals surface area contributed by atoms with Crippen LogP contribution in [0.5, 0.6) is 5.75 Å². The third kappa shape index (κ3) is 4.40. The number of nitrogens with one attached hydrogen (secondary N) is 1. The van der Waals surface area contributed by atoms with Crippen LogP contribution in [0.25, 0.3) is 0 Å². The van der Waals surface area contributed by atoms with Gasteiger partial charge in [0.05, 0.1) is 13.0 Å². The molecular formula is C18H27N3O3. The lowest BCUT2D eigenvalue weighted by molar-refractivity contribution is -0.137. The van der Waals surface area contributed by atoms with Crippen LogP contribution in [0.4, 0.5) is 10.5 Å². The molecule has 1 aromatic rings. The van der Waals surface area contributed by atoms with Crippen molar-refractivity contribution in [3.05, 3.63) is 24.3 Å². The molecule has 1 atom stereocenters. The molecule has 1 aliphatic heterocycles. The topological polar surface area (TPSA) is 61.9 Å². The highest BCUT2D eigenvalue weighted by Crippen LogP contribution is 2.21. The minimum Gasteiger partial charge on any atom is -0.497 e. The minimum atomic E-state index is -0.162. The maximum atomic E-state index is 12.5. The van der Waals surface area contributed by atoms with Crippen LogP contribution < -0.4 is 10.1 Å². The van der Waals surface area contributed by atoms with Gasteiger partial charge in [-0.1, -0.05) is 0 Å². The number of amides is 3. The highest BCUT2D eigenvalue weighted by atomic mass is 16.5. The average molecular weight is 333 g/mol. The summed E-state index contributed by atoms with van der Waals surface area (Å²) in [5.41, 5.74) is 0.716. The monoisotopic (exact) mass is 333 g/mol. The molecule has 0 aromatic heterocycles. The number of nitrogens with zero attached hydrogens (tertiary/aromatic N) is 2. The molecule has 1 heterocycles. The van der Waals surface area contributed by atoms with E-state index in [-0.39, 0.29) is 23.9 Å². The molecule has 1 aromatic carbocycles. The van der Waals surface area contributed by atoms with Crippen molar-refractivity contribution in [3.8, 4) is 5.75 Å². The number of hydrogen-bond acceptors (Lipinski definition) is 3. The number of piperidine rings is 1. The van der Waals surface area contributed by atoms with E-state index in [9.17, 15) is 9.59 Å². The fraction of sp³-hybridized carbons (Fsp3) is 0.556. The average Bonchev–Trinajstić information content (AvgIpc) is 2.61. The number of carbonyl (C=O) groups is 2. The maximum absolute atomic E-state index is 12.5. The largest absolute Gasteiger partial charge is 0.497 e. The van der Waals surface area contributed by atoms with Gasteiger partial charge >= 0.3 is 6.03 Å². The zero-order chi connectivity index (χ0) is 17.7. The quantitative estimate of drug-likeness (QED) is 0.921. The fourth-order valence-corrected chi connectivity index (χ4v) is 2.78. The molecule has 0 bridgehead atoms. The van der Waals surface area contributed by atoms with Gasteiger partial charge in [0.15, 0.2) is 0 Å². The molecule has 6 nitrogen and oxygen atoms in total. The number of urea groups is 1. The van der Waals surface area contributed by atoms with Crippen LogP contribution in [0.2, 0.25) is 0 Å². The molecule has 1 saturated heterocycles. The normalized spacial score (nSPS) is 17.5. The van der Waals surface area contributed by atoms with E-state index >= 15 is 0 Å². The van der Waals surface area contributed by atoms with E-state index in [0.717, 1.165) is 18.6 Å². The summed E-state index contributed by atoms with van der Waals surface area (Å²) in [6.45, 7) is 5.14. The molecule has 3 amide bonds. The fourth-order valence-electron chi connectivity index (χ4n) is 2.78. The molecule has 0 radical (unpaired) electrons. The van der Waals surface area contributed by atoms with E-state index in [1.165, 1.54) is 0 Å². The van der Waals surface area contributed by atoms with E-state index in [1.807, 2.05) is 20.9 Å². The number of hydrogen-bond donors (Lipinski definition) is 1. The van der Waals surface area contributed by atoms with Crippen LogP contribution in [0.3, 0.4) is 0 Å². The van der Waals surface area contributed by atoms with Crippen LogP contribution in [-0.2, 0) is 4.79 Å². The Bertz CT molecular complexity index is 571. The van der Waals surface area contributed by atoms with Gasteiger partial charge in [-0.05, 0) is 51.0 Å². The molecular weight excluding hydrogens is 306 g/mol. The third-order valence-electron chi connectivity index (χ3n) is 4.52. The Morgan fingerprint density at radius 3 is 2.54 bits per heavy atom. The van der Waals surface area contributed by atoms with Crippen LogP contribution in [0.15, 0.2) is 24.3 Å². The molecule has 0 aliphatic carbocycles. The number of ether oxygens (including phenoxy) is 1. The third-order valence-corrected chi connectivity index (χ3v) is 4.52. The van der Waals surface area contributed by atoms with Gasteiger partial charge in [0.25, 0.3) is 0 Å². The Balaban J connectivity index is 1.95. The molecule has 0 saturated carbocycles. The number of methoxy groups -OCH3 is 1. The van der Waals surface area contributed by atoms with E-state index < -0.39 is 0 Å². The first-order valence-corrected chi connectivity index (χ1v) is 8.39. The van der Waals surface area contributed by atoms with Crippen molar-refractivity contribution in [3.63, 3.8) is 0 Å².